The summed E-state index contributed by atoms with van der Waals surface area (Å²) >= 11 is 0. The zero-order chi connectivity index (χ0) is 20.5. The van der Waals surface area contributed by atoms with Gasteiger partial charge in [0.25, 0.3) is 0 Å². The summed E-state index contributed by atoms with van der Waals surface area (Å²) in [7, 11) is -3.86. The summed E-state index contributed by atoms with van der Waals surface area (Å²) in [5, 5.41) is 0. The quantitative estimate of drug-likeness (QED) is 0.744. The summed E-state index contributed by atoms with van der Waals surface area (Å²) in [4.78, 5) is 8.21. The number of hydrogen-bond donors (Lipinski definition) is 0. The average molecular weight is 417 g/mol. The second-order valence-corrected chi connectivity index (χ2v) is 8.24. The molecule has 1 aliphatic rings. The number of aryl methyl sites for hydroxylation is 2. The molecule has 2 aromatic rings. The Balaban J connectivity index is 1.68. The molecular weight excluding hydrogens is 399 g/mol. The highest BCUT2D eigenvalue weighted by molar-refractivity contribution is 7.89. The van der Waals surface area contributed by atoms with E-state index in [1.807, 2.05) is 0 Å². The molecule has 7 nitrogen and oxygen atoms in total. The SMILES string of the molecule is Cc1cc(OC2CCN(S(=O)(=O)c3ccc(OC(F)(F)F)cc3)C2)nc(C)n1. The second-order valence-electron chi connectivity index (χ2n) is 6.31. The highest BCUT2D eigenvalue weighted by Crippen LogP contribution is 2.27. The molecule has 0 amide bonds. The van der Waals surface area contributed by atoms with Crippen molar-refractivity contribution < 1.29 is 31.1 Å². The number of halogens is 3. The third-order valence-corrected chi connectivity index (χ3v) is 5.91. The smallest absolute Gasteiger partial charge is 0.473 e. The Hall–Kier alpha value is -2.40. The summed E-state index contributed by atoms with van der Waals surface area (Å²) in [5.74, 6) is 0.449. The molecule has 1 aliphatic heterocycles. The first-order valence-corrected chi connectivity index (χ1v) is 9.82. The van der Waals surface area contributed by atoms with E-state index in [-0.39, 0.29) is 24.1 Å². The van der Waals surface area contributed by atoms with Crippen LogP contribution in [0.25, 0.3) is 0 Å². The van der Waals surface area contributed by atoms with Crippen LogP contribution in [-0.2, 0) is 10.0 Å². The number of ether oxygens (including phenoxy) is 2. The largest absolute Gasteiger partial charge is 0.573 e. The van der Waals surface area contributed by atoms with Crippen molar-refractivity contribution in [1.29, 1.82) is 0 Å². The van der Waals surface area contributed by atoms with Gasteiger partial charge in [-0.15, -0.1) is 13.2 Å². The number of rotatable bonds is 5. The topological polar surface area (TPSA) is 81.6 Å². The fourth-order valence-electron chi connectivity index (χ4n) is 2.89. The highest BCUT2D eigenvalue weighted by atomic mass is 32.2. The standard InChI is InChI=1S/C17H18F3N3O4S/c1-11-9-16(22-12(2)21-11)26-14-7-8-23(10-14)28(24,25)15-5-3-13(4-6-15)27-17(18,19)20/h3-6,9,14H,7-8,10H2,1-2H3. The number of aromatic nitrogens is 2. The van der Waals surface area contributed by atoms with Crippen molar-refractivity contribution >= 4 is 10.0 Å². The third kappa shape index (κ3) is 4.90. The molecule has 2 heterocycles. The first-order valence-electron chi connectivity index (χ1n) is 8.38. The zero-order valence-electron chi connectivity index (χ0n) is 15.1. The lowest BCUT2D eigenvalue weighted by Crippen LogP contribution is -2.31. The van der Waals surface area contributed by atoms with Gasteiger partial charge in [0.05, 0.1) is 11.4 Å². The van der Waals surface area contributed by atoms with Crippen LogP contribution in [0.2, 0.25) is 0 Å². The fourth-order valence-corrected chi connectivity index (χ4v) is 4.38. The molecule has 1 fully saturated rings. The molecule has 0 saturated carbocycles. The molecule has 0 aliphatic carbocycles. The molecule has 1 saturated heterocycles. The monoisotopic (exact) mass is 417 g/mol. The van der Waals surface area contributed by atoms with E-state index >= 15 is 0 Å². The zero-order valence-corrected chi connectivity index (χ0v) is 15.9. The van der Waals surface area contributed by atoms with Crippen LogP contribution < -0.4 is 9.47 Å². The van der Waals surface area contributed by atoms with Gasteiger partial charge < -0.3 is 9.47 Å². The van der Waals surface area contributed by atoms with Crippen molar-refractivity contribution in [2.24, 2.45) is 0 Å². The minimum Gasteiger partial charge on any atom is -0.473 e. The average Bonchev–Trinajstić information content (AvgIpc) is 3.02. The van der Waals surface area contributed by atoms with E-state index in [1.165, 1.54) is 4.31 Å². The van der Waals surface area contributed by atoms with E-state index in [0.29, 0.717) is 18.1 Å². The first kappa shape index (κ1) is 20.3. The molecule has 28 heavy (non-hydrogen) atoms. The van der Waals surface area contributed by atoms with E-state index in [1.54, 1.807) is 19.9 Å². The predicted molar refractivity (Wildman–Crippen MR) is 92.4 cm³/mol. The molecule has 152 valence electrons. The van der Waals surface area contributed by atoms with Gasteiger partial charge in [0.15, 0.2) is 0 Å². The molecule has 3 rings (SSSR count). The molecule has 1 aromatic carbocycles. The molecule has 0 N–H and O–H groups in total. The van der Waals surface area contributed by atoms with E-state index in [0.717, 1.165) is 30.0 Å². The van der Waals surface area contributed by atoms with Crippen LogP contribution >= 0.6 is 0 Å². The van der Waals surface area contributed by atoms with Gasteiger partial charge in [0.1, 0.15) is 17.7 Å². The molecule has 0 bridgehead atoms. The lowest BCUT2D eigenvalue weighted by Gasteiger charge is -2.17. The van der Waals surface area contributed by atoms with Crippen molar-refractivity contribution in [2.45, 2.75) is 37.6 Å². The van der Waals surface area contributed by atoms with Gasteiger partial charge in [-0.1, -0.05) is 0 Å². The summed E-state index contributed by atoms with van der Waals surface area (Å²) in [6, 6.07) is 5.78. The molecule has 1 aromatic heterocycles. The Morgan fingerprint density at radius 1 is 1.14 bits per heavy atom. The van der Waals surface area contributed by atoms with E-state index in [2.05, 4.69) is 14.7 Å². The van der Waals surface area contributed by atoms with Crippen molar-refractivity contribution in [1.82, 2.24) is 14.3 Å². The maximum absolute atomic E-state index is 12.7. The van der Waals surface area contributed by atoms with Gasteiger partial charge in [0.2, 0.25) is 15.9 Å². The van der Waals surface area contributed by atoms with Gasteiger partial charge in [-0.2, -0.15) is 9.29 Å². The van der Waals surface area contributed by atoms with Crippen LogP contribution in [0.5, 0.6) is 11.6 Å². The molecular formula is C17H18F3N3O4S. The number of hydrogen-bond acceptors (Lipinski definition) is 6. The Kier molecular flexibility index (Phi) is 5.48. The van der Waals surface area contributed by atoms with Gasteiger partial charge in [0, 0.05) is 18.3 Å². The van der Waals surface area contributed by atoms with Crippen LogP contribution in [0.1, 0.15) is 17.9 Å². The first-order chi connectivity index (χ1) is 13.0. The maximum atomic E-state index is 12.7. The van der Waals surface area contributed by atoms with Crippen LogP contribution in [0, 0.1) is 13.8 Å². The van der Waals surface area contributed by atoms with Crippen LogP contribution in [0.4, 0.5) is 13.2 Å². The molecule has 0 radical (unpaired) electrons. The minimum atomic E-state index is -4.84. The van der Waals surface area contributed by atoms with Gasteiger partial charge in [-0.25, -0.2) is 13.4 Å². The maximum Gasteiger partial charge on any atom is 0.573 e. The Bertz CT molecular complexity index is 929. The van der Waals surface area contributed by atoms with E-state index in [4.69, 9.17) is 4.74 Å². The van der Waals surface area contributed by atoms with Gasteiger partial charge in [-0.3, -0.25) is 0 Å². The lowest BCUT2D eigenvalue weighted by atomic mass is 10.3. The molecule has 0 spiro atoms. The Morgan fingerprint density at radius 2 is 1.82 bits per heavy atom. The highest BCUT2D eigenvalue weighted by Gasteiger charge is 2.35. The van der Waals surface area contributed by atoms with Crippen molar-refractivity contribution in [3.05, 3.63) is 41.9 Å². The van der Waals surface area contributed by atoms with E-state index in [9.17, 15) is 21.6 Å². The third-order valence-electron chi connectivity index (χ3n) is 4.03. The van der Waals surface area contributed by atoms with Gasteiger partial charge in [-0.05, 0) is 44.5 Å². The molecule has 1 atom stereocenters. The van der Waals surface area contributed by atoms with E-state index < -0.39 is 22.1 Å². The summed E-state index contributed by atoms with van der Waals surface area (Å²) in [5.41, 5.74) is 0.742. The van der Waals surface area contributed by atoms with Crippen molar-refractivity contribution in [3.63, 3.8) is 0 Å². The van der Waals surface area contributed by atoms with Crippen LogP contribution in [0.15, 0.2) is 35.2 Å². The number of benzene rings is 1. The number of alkyl halides is 3. The second kappa shape index (κ2) is 7.55. The molecule has 11 heteroatoms. The normalized spacial score (nSPS) is 18.2. The lowest BCUT2D eigenvalue weighted by molar-refractivity contribution is -0.274. The predicted octanol–water partition coefficient (Wildman–Crippen LogP) is 2.83. The summed E-state index contributed by atoms with van der Waals surface area (Å²) in [6.07, 6.45) is -4.75. The molecule has 1 unspecified atom stereocenters. The Labute approximate surface area is 160 Å². The number of nitrogens with zero attached hydrogens (tertiary/aromatic N) is 3. The Morgan fingerprint density at radius 3 is 2.43 bits per heavy atom. The summed E-state index contributed by atoms with van der Waals surface area (Å²) in [6.45, 7) is 3.89. The van der Waals surface area contributed by atoms with Gasteiger partial charge >= 0.3 is 6.36 Å². The number of sulfonamides is 1. The fraction of sp³-hybridized carbons (Fsp3) is 0.412. The van der Waals surface area contributed by atoms with Crippen LogP contribution in [-0.4, -0.2) is 48.2 Å². The summed E-state index contributed by atoms with van der Waals surface area (Å²) < 4.78 is 72.9. The van der Waals surface area contributed by atoms with Crippen LogP contribution in [0.3, 0.4) is 0 Å². The van der Waals surface area contributed by atoms with Crippen molar-refractivity contribution in [2.75, 3.05) is 13.1 Å². The minimum absolute atomic E-state index is 0.114. The van der Waals surface area contributed by atoms with Crippen molar-refractivity contribution in [3.8, 4) is 11.6 Å².